The lowest BCUT2D eigenvalue weighted by Gasteiger charge is -2.34. The minimum absolute atomic E-state index is 0.154. The summed E-state index contributed by atoms with van der Waals surface area (Å²) in [5.41, 5.74) is 2.73. The average molecular weight is 425 g/mol. The molecule has 1 aliphatic rings. The molecule has 1 saturated heterocycles. The second-order valence-electron chi connectivity index (χ2n) is 7.10. The zero-order chi connectivity index (χ0) is 20.1. The number of halogens is 2. The smallest absolute Gasteiger partial charge is 0.219 e. The van der Waals surface area contributed by atoms with Crippen LogP contribution in [-0.4, -0.2) is 65.2 Å². The summed E-state index contributed by atoms with van der Waals surface area (Å²) in [7, 11) is 0. The Balaban J connectivity index is 1.55. The second kappa shape index (κ2) is 9.74. The molecule has 0 saturated carbocycles. The van der Waals surface area contributed by atoms with E-state index in [1.54, 1.807) is 13.0 Å². The molecule has 2 aromatic rings. The monoisotopic (exact) mass is 424 g/mol. The molecule has 1 unspecified atom stereocenters. The van der Waals surface area contributed by atoms with Crippen molar-refractivity contribution in [3.05, 3.63) is 51.3 Å². The first kappa shape index (κ1) is 21.1. The molecule has 8 heteroatoms. The maximum absolute atomic E-state index is 11.4. The van der Waals surface area contributed by atoms with Crippen molar-refractivity contribution in [3.8, 4) is 0 Å². The number of H-pyrrole nitrogens is 1. The molecular weight excluding hydrogens is 399 g/mol. The number of nitrogens with one attached hydrogen (secondary N) is 1. The van der Waals surface area contributed by atoms with Gasteiger partial charge in [-0.2, -0.15) is 5.10 Å². The fraction of sp³-hybridized carbons (Fsp3) is 0.500. The molecule has 1 aromatic carbocycles. The molecule has 0 spiro atoms. The van der Waals surface area contributed by atoms with Crippen LogP contribution in [0.1, 0.15) is 36.4 Å². The van der Waals surface area contributed by atoms with E-state index < -0.39 is 0 Å². The lowest BCUT2D eigenvalue weighted by atomic mass is 10.1. The quantitative estimate of drug-likeness (QED) is 0.688. The van der Waals surface area contributed by atoms with E-state index in [0.717, 1.165) is 56.1 Å². The SMILES string of the molecule is CC(=O)N1CCN(CCCOC(c2ccc(Cl)c(Cl)c2)c2cc(C)[nH]n2)CC1. The normalized spacial score (nSPS) is 16.4. The van der Waals surface area contributed by atoms with Crippen molar-refractivity contribution >= 4 is 29.1 Å². The van der Waals surface area contributed by atoms with Gasteiger partial charge >= 0.3 is 0 Å². The van der Waals surface area contributed by atoms with Gasteiger partial charge in [0.05, 0.1) is 15.7 Å². The van der Waals surface area contributed by atoms with Crippen molar-refractivity contribution in [1.82, 2.24) is 20.0 Å². The number of hydrogen-bond donors (Lipinski definition) is 1. The van der Waals surface area contributed by atoms with Gasteiger partial charge in [-0.1, -0.05) is 29.3 Å². The van der Waals surface area contributed by atoms with E-state index in [2.05, 4.69) is 15.1 Å². The van der Waals surface area contributed by atoms with Gasteiger partial charge in [-0.05, 0) is 37.1 Å². The van der Waals surface area contributed by atoms with Crippen LogP contribution in [0.15, 0.2) is 24.3 Å². The van der Waals surface area contributed by atoms with Gasteiger partial charge in [-0.25, -0.2) is 0 Å². The van der Waals surface area contributed by atoms with E-state index in [1.807, 2.05) is 30.0 Å². The highest BCUT2D eigenvalue weighted by Gasteiger charge is 2.20. The minimum atomic E-state index is -0.297. The molecule has 3 rings (SSSR count). The van der Waals surface area contributed by atoms with Gasteiger partial charge in [-0.15, -0.1) is 0 Å². The minimum Gasteiger partial charge on any atom is -0.367 e. The van der Waals surface area contributed by atoms with Gasteiger partial charge < -0.3 is 9.64 Å². The van der Waals surface area contributed by atoms with E-state index in [4.69, 9.17) is 27.9 Å². The average Bonchev–Trinajstić information content (AvgIpc) is 3.10. The molecule has 2 heterocycles. The molecule has 152 valence electrons. The Morgan fingerprint density at radius 2 is 1.96 bits per heavy atom. The van der Waals surface area contributed by atoms with Gasteiger partial charge in [0.25, 0.3) is 0 Å². The number of hydrogen-bond acceptors (Lipinski definition) is 4. The number of carbonyl (C=O) groups is 1. The summed E-state index contributed by atoms with van der Waals surface area (Å²) in [6.45, 7) is 8.56. The maximum atomic E-state index is 11.4. The number of nitrogens with zero attached hydrogens (tertiary/aromatic N) is 3. The number of aromatic nitrogens is 2. The van der Waals surface area contributed by atoms with Crippen LogP contribution in [0.25, 0.3) is 0 Å². The number of piperazine rings is 1. The van der Waals surface area contributed by atoms with E-state index >= 15 is 0 Å². The van der Waals surface area contributed by atoms with E-state index in [9.17, 15) is 4.79 Å². The molecule has 1 aromatic heterocycles. The molecular formula is C20H26Cl2N4O2. The van der Waals surface area contributed by atoms with Crippen LogP contribution in [0.5, 0.6) is 0 Å². The molecule has 1 fully saturated rings. The van der Waals surface area contributed by atoms with Crippen molar-refractivity contribution in [2.24, 2.45) is 0 Å². The summed E-state index contributed by atoms with van der Waals surface area (Å²) >= 11 is 12.3. The Morgan fingerprint density at radius 1 is 1.21 bits per heavy atom. The number of rotatable bonds is 7. The molecule has 1 aliphatic heterocycles. The molecule has 6 nitrogen and oxygen atoms in total. The third-order valence-electron chi connectivity index (χ3n) is 4.96. The summed E-state index contributed by atoms with van der Waals surface area (Å²) in [5, 5.41) is 8.36. The Morgan fingerprint density at radius 3 is 2.57 bits per heavy atom. The zero-order valence-corrected chi connectivity index (χ0v) is 17.8. The van der Waals surface area contributed by atoms with Crippen LogP contribution in [0, 0.1) is 6.92 Å². The number of ether oxygens (including phenoxy) is 1. The number of aryl methyl sites for hydroxylation is 1. The van der Waals surface area contributed by atoms with Crippen molar-refractivity contribution in [2.75, 3.05) is 39.3 Å². The Bertz CT molecular complexity index is 803. The first-order valence-electron chi connectivity index (χ1n) is 9.50. The Hall–Kier alpha value is -1.60. The molecule has 0 radical (unpaired) electrons. The zero-order valence-electron chi connectivity index (χ0n) is 16.3. The highest BCUT2D eigenvalue weighted by atomic mass is 35.5. The van der Waals surface area contributed by atoms with Crippen LogP contribution in [0.3, 0.4) is 0 Å². The summed E-state index contributed by atoms with van der Waals surface area (Å²) in [6.07, 6.45) is 0.607. The highest BCUT2D eigenvalue weighted by molar-refractivity contribution is 6.42. The molecule has 1 amide bonds. The molecule has 0 bridgehead atoms. The number of aromatic amines is 1. The first-order valence-corrected chi connectivity index (χ1v) is 10.3. The van der Waals surface area contributed by atoms with Gasteiger partial charge in [0.1, 0.15) is 6.10 Å². The van der Waals surface area contributed by atoms with Crippen molar-refractivity contribution in [1.29, 1.82) is 0 Å². The lowest BCUT2D eigenvalue weighted by Crippen LogP contribution is -2.48. The fourth-order valence-electron chi connectivity index (χ4n) is 3.38. The van der Waals surface area contributed by atoms with Gasteiger partial charge in [0.15, 0.2) is 0 Å². The third-order valence-corrected chi connectivity index (χ3v) is 5.70. The summed E-state index contributed by atoms with van der Waals surface area (Å²) in [6, 6.07) is 7.52. The van der Waals surface area contributed by atoms with Gasteiger partial charge in [-0.3, -0.25) is 14.8 Å². The van der Waals surface area contributed by atoms with Crippen LogP contribution in [-0.2, 0) is 9.53 Å². The number of amides is 1. The van der Waals surface area contributed by atoms with Crippen LogP contribution < -0.4 is 0 Å². The molecule has 1 atom stereocenters. The summed E-state index contributed by atoms with van der Waals surface area (Å²) in [5.74, 6) is 0.154. The summed E-state index contributed by atoms with van der Waals surface area (Å²) < 4.78 is 6.20. The third kappa shape index (κ3) is 5.47. The highest BCUT2D eigenvalue weighted by Crippen LogP contribution is 2.30. The van der Waals surface area contributed by atoms with Crippen molar-refractivity contribution in [3.63, 3.8) is 0 Å². The predicted octanol–water partition coefficient (Wildman–Crippen LogP) is 3.69. The van der Waals surface area contributed by atoms with Crippen LogP contribution in [0.2, 0.25) is 10.0 Å². The Labute approximate surface area is 175 Å². The van der Waals surface area contributed by atoms with Crippen LogP contribution >= 0.6 is 23.2 Å². The number of carbonyl (C=O) groups excluding carboxylic acids is 1. The van der Waals surface area contributed by atoms with E-state index in [0.29, 0.717) is 16.7 Å². The predicted molar refractivity (Wildman–Crippen MR) is 111 cm³/mol. The lowest BCUT2D eigenvalue weighted by molar-refractivity contribution is -0.130. The standard InChI is InChI=1S/C20H26Cl2N4O2/c1-14-12-19(24-23-14)20(16-4-5-17(21)18(22)13-16)28-11-3-6-25-7-9-26(10-8-25)15(2)27/h4-5,12-13,20H,3,6-11H2,1-2H3,(H,23,24). The Kier molecular flexibility index (Phi) is 7.35. The van der Waals surface area contributed by atoms with Crippen molar-refractivity contribution in [2.45, 2.75) is 26.4 Å². The number of benzene rings is 1. The fourth-order valence-corrected chi connectivity index (χ4v) is 3.68. The second-order valence-corrected chi connectivity index (χ2v) is 7.92. The first-order chi connectivity index (χ1) is 13.4. The molecule has 0 aliphatic carbocycles. The van der Waals surface area contributed by atoms with Gasteiger partial charge in [0, 0.05) is 51.9 Å². The molecule has 1 N–H and O–H groups in total. The van der Waals surface area contributed by atoms with E-state index in [-0.39, 0.29) is 12.0 Å². The van der Waals surface area contributed by atoms with E-state index in [1.165, 1.54) is 0 Å². The maximum Gasteiger partial charge on any atom is 0.219 e. The van der Waals surface area contributed by atoms with Crippen molar-refractivity contribution < 1.29 is 9.53 Å². The summed E-state index contributed by atoms with van der Waals surface area (Å²) in [4.78, 5) is 15.7. The largest absolute Gasteiger partial charge is 0.367 e. The topological polar surface area (TPSA) is 61.5 Å². The van der Waals surface area contributed by atoms with Gasteiger partial charge in [0.2, 0.25) is 5.91 Å². The van der Waals surface area contributed by atoms with Crippen LogP contribution in [0.4, 0.5) is 0 Å². The molecule has 28 heavy (non-hydrogen) atoms.